The first kappa shape index (κ1) is 14.3. The third-order valence-electron chi connectivity index (χ3n) is 3.12. The third-order valence-corrected chi connectivity index (χ3v) is 3.56. The fraction of sp³-hybridized carbons (Fsp3) is 0.385. The molecule has 1 aliphatic heterocycles. The first-order valence-electron chi connectivity index (χ1n) is 5.96. The van der Waals surface area contributed by atoms with Gasteiger partial charge in [-0.1, -0.05) is 23.2 Å². The van der Waals surface area contributed by atoms with E-state index in [0.717, 1.165) is 5.56 Å². The highest BCUT2D eigenvalue weighted by Gasteiger charge is 2.31. The van der Waals surface area contributed by atoms with Crippen molar-refractivity contribution in [2.24, 2.45) is 0 Å². The summed E-state index contributed by atoms with van der Waals surface area (Å²) in [5.74, 6) is -0.321. The highest BCUT2D eigenvalue weighted by molar-refractivity contribution is 6.34. The molecule has 0 spiro atoms. The van der Waals surface area contributed by atoms with E-state index in [1.807, 2.05) is 0 Å². The molecule has 1 aromatic rings. The number of hydrogen-bond acceptors (Lipinski definition) is 3. The number of piperidine rings is 1. The zero-order chi connectivity index (χ0) is 14.0. The minimum Gasteiger partial charge on any atom is -0.302 e. The first-order valence-corrected chi connectivity index (χ1v) is 6.71. The van der Waals surface area contributed by atoms with Crippen LogP contribution in [0.4, 0.5) is 0 Å². The number of likely N-dealkylation sites (tertiary alicyclic amines) is 1. The van der Waals surface area contributed by atoms with E-state index in [1.165, 1.54) is 11.9 Å². The number of nitrogens with zero attached hydrogens (tertiary/aromatic N) is 1. The van der Waals surface area contributed by atoms with Crippen molar-refractivity contribution in [1.29, 1.82) is 0 Å². The SMILES string of the molecule is CN1C(=O)CCC(NCc2cc(Cl)cc(Cl)c2)C1=O. The molecule has 6 heteroatoms. The van der Waals surface area contributed by atoms with Gasteiger partial charge in [-0.2, -0.15) is 0 Å². The topological polar surface area (TPSA) is 49.4 Å². The maximum atomic E-state index is 11.9. The van der Waals surface area contributed by atoms with Gasteiger partial charge >= 0.3 is 0 Å². The van der Waals surface area contributed by atoms with Gasteiger partial charge in [-0.15, -0.1) is 0 Å². The molecule has 19 heavy (non-hydrogen) atoms. The number of imide groups is 1. The first-order chi connectivity index (χ1) is 8.97. The van der Waals surface area contributed by atoms with E-state index in [2.05, 4.69) is 5.32 Å². The summed E-state index contributed by atoms with van der Waals surface area (Å²) in [6.07, 6.45) is 0.909. The van der Waals surface area contributed by atoms with Crippen LogP contribution in [0.2, 0.25) is 10.0 Å². The summed E-state index contributed by atoms with van der Waals surface area (Å²) >= 11 is 11.8. The van der Waals surface area contributed by atoms with Crippen molar-refractivity contribution in [2.75, 3.05) is 7.05 Å². The largest absolute Gasteiger partial charge is 0.302 e. The molecule has 1 N–H and O–H groups in total. The van der Waals surface area contributed by atoms with Gasteiger partial charge in [0.15, 0.2) is 0 Å². The van der Waals surface area contributed by atoms with Crippen molar-refractivity contribution in [3.05, 3.63) is 33.8 Å². The smallest absolute Gasteiger partial charge is 0.246 e. The monoisotopic (exact) mass is 300 g/mol. The maximum Gasteiger partial charge on any atom is 0.246 e. The molecular formula is C13H14Cl2N2O2. The molecule has 0 saturated carbocycles. The second-order valence-corrected chi connectivity index (χ2v) is 5.41. The molecule has 102 valence electrons. The van der Waals surface area contributed by atoms with Gasteiger partial charge in [-0.25, -0.2) is 0 Å². The Morgan fingerprint density at radius 1 is 1.26 bits per heavy atom. The summed E-state index contributed by atoms with van der Waals surface area (Å²) in [4.78, 5) is 24.4. The molecule has 0 bridgehead atoms. The van der Waals surface area contributed by atoms with Crippen molar-refractivity contribution in [2.45, 2.75) is 25.4 Å². The van der Waals surface area contributed by atoms with Crippen LogP contribution in [0.5, 0.6) is 0 Å². The number of hydrogen-bond donors (Lipinski definition) is 1. The Balaban J connectivity index is 1.99. The van der Waals surface area contributed by atoms with Crippen LogP contribution in [0, 0.1) is 0 Å². The number of benzene rings is 1. The molecular weight excluding hydrogens is 287 g/mol. The van der Waals surface area contributed by atoms with Gasteiger partial charge in [0, 0.05) is 30.1 Å². The van der Waals surface area contributed by atoms with Crippen LogP contribution < -0.4 is 5.32 Å². The van der Waals surface area contributed by atoms with Crippen molar-refractivity contribution in [1.82, 2.24) is 10.2 Å². The summed E-state index contributed by atoms with van der Waals surface area (Å²) in [5, 5.41) is 4.26. The van der Waals surface area contributed by atoms with E-state index >= 15 is 0 Å². The number of likely N-dealkylation sites (N-methyl/N-ethyl adjacent to an activating group) is 1. The Kier molecular flexibility index (Phi) is 4.45. The zero-order valence-corrected chi connectivity index (χ0v) is 12.0. The van der Waals surface area contributed by atoms with Crippen LogP contribution in [-0.4, -0.2) is 29.8 Å². The number of halogens is 2. The molecule has 0 aliphatic carbocycles. The quantitative estimate of drug-likeness (QED) is 0.871. The fourth-order valence-electron chi connectivity index (χ4n) is 2.06. The molecule has 1 fully saturated rings. The molecule has 4 nitrogen and oxygen atoms in total. The molecule has 2 amide bonds. The van der Waals surface area contributed by atoms with Crippen LogP contribution in [0.1, 0.15) is 18.4 Å². The minimum atomic E-state index is -0.333. The molecule has 1 atom stereocenters. The summed E-state index contributed by atoms with van der Waals surface area (Å²) in [5.41, 5.74) is 0.907. The van der Waals surface area contributed by atoms with Crippen molar-refractivity contribution < 1.29 is 9.59 Å². The lowest BCUT2D eigenvalue weighted by molar-refractivity contribution is -0.148. The van der Waals surface area contributed by atoms with Gasteiger partial charge in [-0.3, -0.25) is 14.5 Å². The van der Waals surface area contributed by atoms with Gasteiger partial charge in [0.05, 0.1) is 6.04 Å². The second kappa shape index (κ2) is 5.90. The highest BCUT2D eigenvalue weighted by atomic mass is 35.5. The highest BCUT2D eigenvalue weighted by Crippen LogP contribution is 2.19. The van der Waals surface area contributed by atoms with E-state index < -0.39 is 0 Å². The van der Waals surface area contributed by atoms with Crippen molar-refractivity contribution in [3.8, 4) is 0 Å². The lowest BCUT2D eigenvalue weighted by Gasteiger charge is -2.28. The predicted molar refractivity (Wildman–Crippen MR) is 74.1 cm³/mol. The summed E-state index contributed by atoms with van der Waals surface area (Å²) in [7, 11) is 1.51. The third kappa shape index (κ3) is 3.47. The van der Waals surface area contributed by atoms with Gasteiger partial charge in [0.1, 0.15) is 0 Å². The van der Waals surface area contributed by atoms with Gasteiger partial charge in [-0.05, 0) is 30.2 Å². The average molecular weight is 301 g/mol. The van der Waals surface area contributed by atoms with Crippen LogP contribution in [0.3, 0.4) is 0 Å². The molecule has 0 aromatic heterocycles. The fourth-order valence-corrected chi connectivity index (χ4v) is 2.63. The van der Waals surface area contributed by atoms with Crippen LogP contribution in [0.15, 0.2) is 18.2 Å². The molecule has 0 radical (unpaired) electrons. The molecule has 1 saturated heterocycles. The summed E-state index contributed by atoms with van der Waals surface area (Å²) in [6, 6.07) is 4.91. The predicted octanol–water partition coefficient (Wildman–Crippen LogP) is 2.23. The summed E-state index contributed by atoms with van der Waals surface area (Å²) in [6.45, 7) is 0.485. The normalized spacial score (nSPS) is 19.9. The lowest BCUT2D eigenvalue weighted by atomic mass is 10.0. The van der Waals surface area contributed by atoms with E-state index in [4.69, 9.17) is 23.2 Å². The molecule has 1 aliphatic rings. The van der Waals surface area contributed by atoms with Crippen LogP contribution in [0.25, 0.3) is 0 Å². The molecule has 1 unspecified atom stereocenters. The van der Waals surface area contributed by atoms with Gasteiger partial charge in [0.25, 0.3) is 0 Å². The van der Waals surface area contributed by atoms with E-state index in [9.17, 15) is 9.59 Å². The Morgan fingerprint density at radius 3 is 2.53 bits per heavy atom. The molecule has 2 rings (SSSR count). The van der Waals surface area contributed by atoms with Crippen molar-refractivity contribution >= 4 is 35.0 Å². The van der Waals surface area contributed by atoms with E-state index in [1.54, 1.807) is 18.2 Å². The maximum absolute atomic E-state index is 11.9. The van der Waals surface area contributed by atoms with Crippen LogP contribution in [-0.2, 0) is 16.1 Å². The van der Waals surface area contributed by atoms with E-state index in [-0.39, 0.29) is 17.9 Å². The number of amides is 2. The Hall–Kier alpha value is -1.10. The van der Waals surface area contributed by atoms with E-state index in [0.29, 0.717) is 29.4 Å². The zero-order valence-electron chi connectivity index (χ0n) is 10.5. The minimum absolute atomic E-state index is 0.131. The lowest BCUT2D eigenvalue weighted by Crippen LogP contribution is -2.51. The van der Waals surface area contributed by atoms with Gasteiger partial charge in [0.2, 0.25) is 11.8 Å². The number of nitrogens with one attached hydrogen (secondary N) is 1. The van der Waals surface area contributed by atoms with Crippen molar-refractivity contribution in [3.63, 3.8) is 0 Å². The Labute approximate surface area is 121 Å². The van der Waals surface area contributed by atoms with Crippen LogP contribution >= 0.6 is 23.2 Å². The second-order valence-electron chi connectivity index (χ2n) is 4.54. The Morgan fingerprint density at radius 2 is 1.89 bits per heavy atom. The average Bonchev–Trinajstić information content (AvgIpc) is 2.34. The molecule has 1 aromatic carbocycles. The number of carbonyl (C=O) groups is 2. The van der Waals surface area contributed by atoms with Gasteiger partial charge < -0.3 is 5.32 Å². The number of carbonyl (C=O) groups excluding carboxylic acids is 2. The standard InChI is InChI=1S/C13H14Cl2N2O2/c1-17-12(18)3-2-11(13(17)19)16-7-8-4-9(14)6-10(15)5-8/h4-6,11,16H,2-3,7H2,1H3. The summed E-state index contributed by atoms with van der Waals surface area (Å²) < 4.78 is 0. The molecule has 1 heterocycles. The number of rotatable bonds is 3. The Bertz CT molecular complexity index is 499.